The van der Waals surface area contributed by atoms with Crippen molar-refractivity contribution >= 4 is 5.91 Å². The number of methoxy groups -OCH3 is 1. The van der Waals surface area contributed by atoms with Crippen LogP contribution in [-0.4, -0.2) is 37.0 Å². The Balaban J connectivity index is 1.52. The third-order valence-electron chi connectivity index (χ3n) is 5.76. The zero-order chi connectivity index (χ0) is 18.8. The molecular formula is C23H28N2O2. The van der Waals surface area contributed by atoms with Crippen LogP contribution in [0.25, 0.3) is 0 Å². The standard InChI is InChI=1S/C23H28N2O2/c1-16-7-9-17(10-8-16)20-14-25(13-19-5-3-4-6-22(19)27-2)15-21(20)24-23(26)18-11-12-18/h3-10,18,20-21H,11-15H2,1-2H3,(H,24,26). The largest absolute Gasteiger partial charge is 0.496 e. The van der Waals surface area contributed by atoms with Gasteiger partial charge in [-0.2, -0.15) is 0 Å². The van der Waals surface area contributed by atoms with E-state index in [9.17, 15) is 4.79 Å². The number of benzene rings is 2. The maximum atomic E-state index is 12.4. The smallest absolute Gasteiger partial charge is 0.223 e. The molecule has 1 aliphatic carbocycles. The third-order valence-corrected chi connectivity index (χ3v) is 5.76. The van der Waals surface area contributed by atoms with Crippen molar-refractivity contribution in [2.45, 2.75) is 38.3 Å². The second kappa shape index (κ2) is 7.73. The summed E-state index contributed by atoms with van der Waals surface area (Å²) < 4.78 is 5.51. The lowest BCUT2D eigenvalue weighted by Crippen LogP contribution is -2.40. The monoisotopic (exact) mass is 364 g/mol. The van der Waals surface area contributed by atoms with Crippen LogP contribution >= 0.6 is 0 Å². The molecule has 4 heteroatoms. The van der Waals surface area contributed by atoms with Crippen molar-refractivity contribution in [3.8, 4) is 5.75 Å². The van der Waals surface area contributed by atoms with E-state index in [1.165, 1.54) is 16.7 Å². The molecule has 4 nitrogen and oxygen atoms in total. The summed E-state index contributed by atoms with van der Waals surface area (Å²) in [5, 5.41) is 3.34. The predicted molar refractivity (Wildman–Crippen MR) is 107 cm³/mol. The lowest BCUT2D eigenvalue weighted by Gasteiger charge is -2.20. The van der Waals surface area contributed by atoms with Gasteiger partial charge in [0.15, 0.2) is 0 Å². The van der Waals surface area contributed by atoms with Gasteiger partial charge in [-0.15, -0.1) is 0 Å². The Bertz CT molecular complexity index is 798. The first-order valence-electron chi connectivity index (χ1n) is 9.85. The van der Waals surface area contributed by atoms with Gasteiger partial charge in [0.2, 0.25) is 5.91 Å². The first-order chi connectivity index (χ1) is 13.1. The van der Waals surface area contributed by atoms with E-state index >= 15 is 0 Å². The highest BCUT2D eigenvalue weighted by Gasteiger charge is 2.38. The molecule has 2 atom stereocenters. The van der Waals surface area contributed by atoms with E-state index in [1.807, 2.05) is 12.1 Å². The van der Waals surface area contributed by atoms with Gasteiger partial charge < -0.3 is 10.1 Å². The maximum Gasteiger partial charge on any atom is 0.223 e. The maximum absolute atomic E-state index is 12.4. The normalized spacial score (nSPS) is 22.6. The minimum Gasteiger partial charge on any atom is -0.496 e. The molecule has 142 valence electrons. The summed E-state index contributed by atoms with van der Waals surface area (Å²) in [5.74, 6) is 1.72. The molecular weight excluding hydrogens is 336 g/mol. The summed E-state index contributed by atoms with van der Waals surface area (Å²) in [6.45, 7) is 4.76. The minimum absolute atomic E-state index is 0.163. The summed E-state index contributed by atoms with van der Waals surface area (Å²) in [4.78, 5) is 14.8. The summed E-state index contributed by atoms with van der Waals surface area (Å²) in [7, 11) is 1.72. The molecule has 1 saturated carbocycles. The van der Waals surface area contributed by atoms with Crippen molar-refractivity contribution in [2.24, 2.45) is 5.92 Å². The number of nitrogens with one attached hydrogen (secondary N) is 1. The molecule has 0 spiro atoms. The van der Waals surface area contributed by atoms with Crippen molar-refractivity contribution in [1.82, 2.24) is 10.2 Å². The fourth-order valence-corrected chi connectivity index (χ4v) is 4.03. The van der Waals surface area contributed by atoms with Gasteiger partial charge in [0, 0.05) is 43.1 Å². The van der Waals surface area contributed by atoms with Crippen molar-refractivity contribution in [1.29, 1.82) is 0 Å². The molecule has 2 fully saturated rings. The Morgan fingerprint density at radius 2 is 1.85 bits per heavy atom. The average molecular weight is 364 g/mol. The fourth-order valence-electron chi connectivity index (χ4n) is 4.03. The number of rotatable bonds is 6. The SMILES string of the molecule is COc1ccccc1CN1CC(NC(=O)C2CC2)C(c2ccc(C)cc2)C1. The van der Waals surface area contributed by atoms with E-state index < -0.39 is 0 Å². The van der Waals surface area contributed by atoms with Crippen LogP contribution in [0.5, 0.6) is 5.75 Å². The Labute approximate surface area is 161 Å². The lowest BCUT2D eigenvalue weighted by molar-refractivity contribution is -0.123. The van der Waals surface area contributed by atoms with Crippen molar-refractivity contribution in [2.75, 3.05) is 20.2 Å². The van der Waals surface area contributed by atoms with E-state index in [2.05, 4.69) is 53.5 Å². The molecule has 1 saturated heterocycles. The van der Waals surface area contributed by atoms with Crippen LogP contribution in [0.2, 0.25) is 0 Å². The highest BCUT2D eigenvalue weighted by atomic mass is 16.5. The molecule has 0 radical (unpaired) electrons. The Kier molecular flexibility index (Phi) is 5.17. The summed E-state index contributed by atoms with van der Waals surface area (Å²) in [5.41, 5.74) is 3.77. The van der Waals surface area contributed by atoms with Crippen LogP contribution in [0.15, 0.2) is 48.5 Å². The quantitative estimate of drug-likeness (QED) is 0.853. The first kappa shape index (κ1) is 18.1. The van der Waals surface area contributed by atoms with E-state index in [0.29, 0.717) is 5.92 Å². The molecule has 2 aromatic rings. The molecule has 0 aromatic heterocycles. The number of ether oxygens (including phenoxy) is 1. The van der Waals surface area contributed by atoms with Gasteiger partial charge in [-0.1, -0.05) is 48.0 Å². The Hall–Kier alpha value is -2.33. The number of aryl methyl sites for hydroxylation is 1. The minimum atomic E-state index is 0.163. The zero-order valence-electron chi connectivity index (χ0n) is 16.2. The predicted octanol–water partition coefficient (Wildman–Crippen LogP) is 3.50. The molecule has 0 bridgehead atoms. The molecule has 2 unspecified atom stereocenters. The van der Waals surface area contributed by atoms with Crippen LogP contribution in [0.4, 0.5) is 0 Å². The van der Waals surface area contributed by atoms with Crippen LogP contribution in [0.3, 0.4) is 0 Å². The molecule has 4 rings (SSSR count). The summed E-state index contributed by atoms with van der Waals surface area (Å²) >= 11 is 0. The van der Waals surface area contributed by atoms with E-state index in [0.717, 1.165) is 38.2 Å². The van der Waals surface area contributed by atoms with Crippen LogP contribution in [0, 0.1) is 12.8 Å². The number of hydrogen-bond acceptors (Lipinski definition) is 3. The number of para-hydroxylation sites is 1. The van der Waals surface area contributed by atoms with Gasteiger partial charge in [0.1, 0.15) is 5.75 Å². The van der Waals surface area contributed by atoms with E-state index in [-0.39, 0.29) is 17.9 Å². The van der Waals surface area contributed by atoms with Gasteiger partial charge in [-0.05, 0) is 31.4 Å². The highest BCUT2D eigenvalue weighted by Crippen LogP contribution is 2.33. The van der Waals surface area contributed by atoms with Crippen molar-refractivity contribution in [3.63, 3.8) is 0 Å². The van der Waals surface area contributed by atoms with Gasteiger partial charge >= 0.3 is 0 Å². The molecule has 2 aliphatic rings. The fraction of sp³-hybridized carbons (Fsp3) is 0.435. The second-order valence-corrected chi connectivity index (χ2v) is 7.91. The van der Waals surface area contributed by atoms with Gasteiger partial charge in [-0.25, -0.2) is 0 Å². The summed E-state index contributed by atoms with van der Waals surface area (Å²) in [6, 6.07) is 17.1. The molecule has 1 amide bonds. The summed E-state index contributed by atoms with van der Waals surface area (Å²) in [6.07, 6.45) is 2.08. The Morgan fingerprint density at radius 1 is 1.11 bits per heavy atom. The van der Waals surface area contributed by atoms with Crippen molar-refractivity contribution in [3.05, 3.63) is 65.2 Å². The molecule has 1 heterocycles. The van der Waals surface area contributed by atoms with E-state index in [1.54, 1.807) is 7.11 Å². The molecule has 2 aromatic carbocycles. The molecule has 1 aliphatic heterocycles. The molecule has 1 N–H and O–H groups in total. The molecule has 27 heavy (non-hydrogen) atoms. The van der Waals surface area contributed by atoms with Gasteiger partial charge in [-0.3, -0.25) is 9.69 Å². The topological polar surface area (TPSA) is 41.6 Å². The Morgan fingerprint density at radius 3 is 2.56 bits per heavy atom. The third kappa shape index (κ3) is 4.16. The van der Waals surface area contributed by atoms with Gasteiger partial charge in [0.25, 0.3) is 0 Å². The van der Waals surface area contributed by atoms with Crippen molar-refractivity contribution < 1.29 is 9.53 Å². The van der Waals surface area contributed by atoms with Gasteiger partial charge in [0.05, 0.1) is 7.11 Å². The lowest BCUT2D eigenvalue weighted by atomic mass is 9.93. The number of amides is 1. The van der Waals surface area contributed by atoms with Crippen LogP contribution in [0.1, 0.15) is 35.4 Å². The zero-order valence-corrected chi connectivity index (χ0v) is 16.2. The first-order valence-corrected chi connectivity index (χ1v) is 9.85. The number of hydrogen-bond donors (Lipinski definition) is 1. The van der Waals surface area contributed by atoms with Crippen LogP contribution in [-0.2, 0) is 11.3 Å². The van der Waals surface area contributed by atoms with Crippen LogP contribution < -0.4 is 10.1 Å². The average Bonchev–Trinajstić information content (AvgIpc) is 3.46. The number of likely N-dealkylation sites (tertiary alicyclic amines) is 1. The number of nitrogens with zero attached hydrogens (tertiary/aromatic N) is 1. The number of carbonyl (C=O) groups excluding carboxylic acids is 1. The van der Waals surface area contributed by atoms with E-state index in [4.69, 9.17) is 4.74 Å². The highest BCUT2D eigenvalue weighted by molar-refractivity contribution is 5.81. The second-order valence-electron chi connectivity index (χ2n) is 7.91. The number of carbonyl (C=O) groups is 1.